The van der Waals surface area contributed by atoms with Gasteiger partial charge in [0.05, 0.1) is 6.07 Å². The van der Waals surface area contributed by atoms with Gasteiger partial charge in [0.25, 0.3) is 0 Å². The lowest BCUT2D eigenvalue weighted by Gasteiger charge is -2.31. The number of amides is 2. The third-order valence-corrected chi connectivity index (χ3v) is 4.88. The first-order valence-corrected chi connectivity index (χ1v) is 9.55. The molecule has 0 aliphatic carbocycles. The first-order chi connectivity index (χ1) is 13.9. The number of nitrogens with one attached hydrogen (secondary N) is 1. The van der Waals surface area contributed by atoms with Crippen LogP contribution >= 0.6 is 0 Å². The van der Waals surface area contributed by atoms with E-state index in [1.165, 1.54) is 18.7 Å². The number of fused-ring (bicyclic) bond motifs is 1. The Morgan fingerprint density at radius 3 is 2.90 bits per heavy atom. The third kappa shape index (κ3) is 5.12. The lowest BCUT2D eigenvalue weighted by Crippen LogP contribution is -2.50. The Balaban J connectivity index is 1.67. The van der Waals surface area contributed by atoms with Gasteiger partial charge < -0.3 is 19.5 Å². The van der Waals surface area contributed by atoms with E-state index >= 15 is 0 Å². The number of urea groups is 1. The van der Waals surface area contributed by atoms with E-state index in [0.29, 0.717) is 12.8 Å². The second-order valence-corrected chi connectivity index (χ2v) is 7.16. The molecule has 1 N–H and O–H groups in total. The average molecular weight is 404 g/mol. The summed E-state index contributed by atoms with van der Waals surface area (Å²) < 4.78 is 16.2. The average Bonchev–Trinajstić information content (AvgIpc) is 3.22. The number of rotatable bonds is 7. The summed E-state index contributed by atoms with van der Waals surface area (Å²) in [4.78, 5) is 41.0. The van der Waals surface area contributed by atoms with Crippen molar-refractivity contribution in [2.24, 2.45) is 4.99 Å². The van der Waals surface area contributed by atoms with Gasteiger partial charge in [0, 0.05) is 45.0 Å². The molecule has 10 nitrogen and oxygen atoms in total. The molecule has 0 saturated carbocycles. The van der Waals surface area contributed by atoms with E-state index in [9.17, 15) is 14.4 Å². The Kier molecular flexibility index (Phi) is 6.49. The third-order valence-electron chi connectivity index (χ3n) is 4.88. The largest absolute Gasteiger partial charge is 0.463 e. The van der Waals surface area contributed by atoms with Crippen molar-refractivity contribution in [3.05, 3.63) is 11.8 Å². The van der Waals surface area contributed by atoms with E-state index < -0.39 is 36.5 Å². The summed E-state index contributed by atoms with van der Waals surface area (Å²) in [7, 11) is 0. The van der Waals surface area contributed by atoms with Crippen molar-refractivity contribution in [2.75, 3.05) is 6.61 Å². The van der Waals surface area contributed by atoms with Crippen LogP contribution in [-0.4, -0.2) is 59.8 Å². The van der Waals surface area contributed by atoms with Gasteiger partial charge in [0.1, 0.15) is 31.2 Å². The maximum atomic E-state index is 12.6. The van der Waals surface area contributed by atoms with Gasteiger partial charge in [-0.15, -0.1) is 0 Å². The highest BCUT2D eigenvalue weighted by atomic mass is 16.6. The second-order valence-electron chi connectivity index (χ2n) is 7.16. The van der Waals surface area contributed by atoms with Crippen LogP contribution in [0.5, 0.6) is 0 Å². The summed E-state index contributed by atoms with van der Waals surface area (Å²) in [6.45, 7) is 2.51. The first kappa shape index (κ1) is 20.8. The molecule has 10 heteroatoms. The second kappa shape index (κ2) is 9.05. The molecule has 0 spiro atoms. The summed E-state index contributed by atoms with van der Waals surface area (Å²) in [5.74, 6) is -0.939. The molecule has 0 radical (unpaired) electrons. The minimum atomic E-state index is -0.656. The fraction of sp³-hybridized carbons (Fsp3) is 0.632. The van der Waals surface area contributed by atoms with Crippen molar-refractivity contribution in [1.29, 1.82) is 5.26 Å². The fourth-order valence-corrected chi connectivity index (χ4v) is 3.61. The van der Waals surface area contributed by atoms with Crippen LogP contribution in [0.4, 0.5) is 4.79 Å². The quantitative estimate of drug-likeness (QED) is 0.501. The van der Waals surface area contributed by atoms with Crippen molar-refractivity contribution in [1.82, 2.24) is 10.2 Å². The molecule has 0 aromatic heterocycles. The maximum Gasteiger partial charge on any atom is 0.325 e. The van der Waals surface area contributed by atoms with Crippen LogP contribution in [0.15, 0.2) is 16.8 Å². The lowest BCUT2D eigenvalue weighted by atomic mass is 10.1. The van der Waals surface area contributed by atoms with Crippen LogP contribution in [0.25, 0.3) is 0 Å². The van der Waals surface area contributed by atoms with E-state index in [-0.39, 0.29) is 19.1 Å². The summed E-state index contributed by atoms with van der Waals surface area (Å²) in [5.41, 5.74) is 1.89. The van der Waals surface area contributed by atoms with E-state index in [1.54, 1.807) is 6.20 Å². The summed E-state index contributed by atoms with van der Waals surface area (Å²) >= 11 is 0. The molecule has 3 aliphatic heterocycles. The molecule has 1 saturated heterocycles. The molecule has 29 heavy (non-hydrogen) atoms. The number of esters is 2. The van der Waals surface area contributed by atoms with Crippen molar-refractivity contribution < 1.29 is 28.6 Å². The van der Waals surface area contributed by atoms with E-state index in [1.807, 2.05) is 0 Å². The smallest absolute Gasteiger partial charge is 0.325 e. The Hall–Kier alpha value is -2.93. The number of nitrogens with zero attached hydrogens (tertiary/aromatic N) is 3. The summed E-state index contributed by atoms with van der Waals surface area (Å²) in [5, 5.41) is 11.5. The molecule has 3 heterocycles. The van der Waals surface area contributed by atoms with Crippen LogP contribution in [0, 0.1) is 11.3 Å². The van der Waals surface area contributed by atoms with Crippen LogP contribution in [0.2, 0.25) is 0 Å². The van der Waals surface area contributed by atoms with Crippen LogP contribution in [0.1, 0.15) is 46.0 Å². The van der Waals surface area contributed by atoms with Crippen molar-refractivity contribution >= 4 is 23.7 Å². The van der Waals surface area contributed by atoms with Gasteiger partial charge >= 0.3 is 18.0 Å². The predicted octanol–water partition coefficient (Wildman–Crippen LogP) is 1.37. The Labute approximate surface area is 168 Å². The highest BCUT2D eigenvalue weighted by Crippen LogP contribution is 2.31. The number of aliphatic imine (C=N–C) groups is 1. The van der Waals surface area contributed by atoms with Gasteiger partial charge in [-0.1, -0.05) is 0 Å². The van der Waals surface area contributed by atoms with Crippen LogP contribution in [0.3, 0.4) is 0 Å². The molecule has 0 aromatic carbocycles. The zero-order chi connectivity index (χ0) is 21.0. The maximum absolute atomic E-state index is 12.6. The SMILES string of the molecule is CC(=O)OCC1OC(N2C=C3CC(CCCC#N)=NC3NC2=O)CC1OC(C)=O. The molecule has 3 aliphatic rings. The number of nitriles is 1. The zero-order valence-corrected chi connectivity index (χ0v) is 16.4. The lowest BCUT2D eigenvalue weighted by molar-refractivity contribution is -0.155. The van der Waals surface area contributed by atoms with Crippen molar-refractivity contribution in [2.45, 2.75) is 70.6 Å². The molecule has 4 unspecified atom stereocenters. The molecule has 156 valence electrons. The number of carbonyl (C=O) groups excluding carboxylic acids is 3. The molecule has 4 atom stereocenters. The highest BCUT2D eigenvalue weighted by molar-refractivity contribution is 5.91. The van der Waals surface area contributed by atoms with Crippen LogP contribution in [-0.2, 0) is 23.8 Å². The van der Waals surface area contributed by atoms with E-state index in [4.69, 9.17) is 19.5 Å². The predicted molar refractivity (Wildman–Crippen MR) is 99.2 cm³/mol. The Morgan fingerprint density at radius 2 is 2.21 bits per heavy atom. The molecule has 0 aromatic rings. The van der Waals surface area contributed by atoms with Gasteiger partial charge in [-0.2, -0.15) is 5.26 Å². The summed E-state index contributed by atoms with van der Waals surface area (Å²) in [6, 6.07) is 1.75. The standard InChI is InChI=1S/C19H24N4O6/c1-11(24)27-10-16-15(28-12(2)25)8-17(29-16)23-9-13-7-14(5-3-4-6-20)21-18(13)22-19(23)26/h9,15-18H,3-5,7-8,10H2,1-2H3,(H,22,26). The van der Waals surface area contributed by atoms with E-state index in [2.05, 4.69) is 16.4 Å². The fourth-order valence-electron chi connectivity index (χ4n) is 3.61. The molecule has 0 bridgehead atoms. The van der Waals surface area contributed by atoms with Gasteiger partial charge in [0.15, 0.2) is 0 Å². The number of hydrogen-bond acceptors (Lipinski definition) is 8. The van der Waals surface area contributed by atoms with Gasteiger partial charge in [-0.3, -0.25) is 19.5 Å². The molecular weight excluding hydrogens is 380 g/mol. The van der Waals surface area contributed by atoms with Crippen molar-refractivity contribution in [3.8, 4) is 6.07 Å². The van der Waals surface area contributed by atoms with Gasteiger partial charge in [0.2, 0.25) is 0 Å². The minimum Gasteiger partial charge on any atom is -0.463 e. The van der Waals surface area contributed by atoms with Gasteiger partial charge in [-0.25, -0.2) is 4.79 Å². The zero-order valence-electron chi connectivity index (χ0n) is 16.4. The molecular formula is C19H24N4O6. The molecule has 2 amide bonds. The molecule has 3 rings (SSSR count). The topological polar surface area (TPSA) is 130 Å². The van der Waals surface area contributed by atoms with Gasteiger partial charge in [-0.05, 0) is 18.4 Å². The Morgan fingerprint density at radius 1 is 1.41 bits per heavy atom. The minimum absolute atomic E-state index is 0.0649. The number of ether oxygens (including phenoxy) is 3. The first-order valence-electron chi connectivity index (χ1n) is 9.55. The van der Waals surface area contributed by atoms with Crippen molar-refractivity contribution in [3.63, 3.8) is 0 Å². The normalized spacial score (nSPS) is 28.0. The summed E-state index contributed by atoms with van der Waals surface area (Å²) in [6.07, 6.45) is 2.23. The molecule has 1 fully saturated rings. The monoisotopic (exact) mass is 404 g/mol. The number of hydrogen-bond donors (Lipinski definition) is 1. The highest BCUT2D eigenvalue weighted by Gasteiger charge is 2.44. The number of unbranched alkanes of at least 4 members (excludes halogenated alkanes) is 1. The van der Waals surface area contributed by atoms with Crippen LogP contribution < -0.4 is 5.32 Å². The Bertz CT molecular complexity index is 786. The number of carbonyl (C=O) groups is 3. The van der Waals surface area contributed by atoms with E-state index in [0.717, 1.165) is 24.1 Å².